The Morgan fingerprint density at radius 2 is 1.78 bits per heavy atom. The highest BCUT2D eigenvalue weighted by atomic mass is 79.9. The van der Waals surface area contributed by atoms with Crippen molar-refractivity contribution in [3.05, 3.63) is 80.6 Å². The molecule has 2 amide bonds. The predicted molar refractivity (Wildman–Crippen MR) is 144 cm³/mol. The standard InChI is InChI=1S/C27H26BrN3O4S/c1-17-25(18-7-9-20(28)10-8-18)30-26(36-17)19-13-15-31(16-14-19)24(33)12-11-23(32)29-22-6-4-3-5-21(22)27(34)35-2/h3-12,19H,13-16H2,1-2H3,(H,29,32)/b12-11+. The second kappa shape index (κ2) is 11.6. The summed E-state index contributed by atoms with van der Waals surface area (Å²) in [5.41, 5.74) is 2.69. The molecular weight excluding hydrogens is 542 g/mol. The average Bonchev–Trinajstić information content (AvgIpc) is 3.29. The van der Waals surface area contributed by atoms with E-state index in [-0.39, 0.29) is 11.5 Å². The van der Waals surface area contributed by atoms with Crippen molar-refractivity contribution in [2.45, 2.75) is 25.7 Å². The van der Waals surface area contributed by atoms with Gasteiger partial charge in [-0.25, -0.2) is 9.78 Å². The van der Waals surface area contributed by atoms with Gasteiger partial charge < -0.3 is 15.0 Å². The number of nitrogens with one attached hydrogen (secondary N) is 1. The fourth-order valence-electron chi connectivity index (χ4n) is 4.12. The van der Waals surface area contributed by atoms with E-state index in [1.807, 2.05) is 12.1 Å². The van der Waals surface area contributed by atoms with Crippen molar-refractivity contribution < 1.29 is 19.1 Å². The summed E-state index contributed by atoms with van der Waals surface area (Å²) in [6, 6.07) is 14.7. The highest BCUT2D eigenvalue weighted by Crippen LogP contribution is 2.36. The van der Waals surface area contributed by atoms with E-state index in [4.69, 9.17) is 9.72 Å². The van der Waals surface area contributed by atoms with Gasteiger partial charge >= 0.3 is 5.97 Å². The molecule has 0 saturated carbocycles. The molecule has 0 unspecified atom stereocenters. The first kappa shape index (κ1) is 25.8. The minimum atomic E-state index is -0.548. The summed E-state index contributed by atoms with van der Waals surface area (Å²) in [6.07, 6.45) is 4.11. The lowest BCUT2D eigenvalue weighted by Gasteiger charge is -2.30. The number of esters is 1. The third-order valence-electron chi connectivity index (χ3n) is 6.05. The topological polar surface area (TPSA) is 88.6 Å². The van der Waals surface area contributed by atoms with Crippen molar-refractivity contribution in [1.29, 1.82) is 0 Å². The largest absolute Gasteiger partial charge is 0.465 e. The van der Waals surface area contributed by atoms with Gasteiger partial charge in [-0.2, -0.15) is 0 Å². The maximum absolute atomic E-state index is 12.7. The average molecular weight is 568 g/mol. The Bertz CT molecular complexity index is 1290. The van der Waals surface area contributed by atoms with Crippen molar-refractivity contribution in [3.8, 4) is 11.3 Å². The lowest BCUT2D eigenvalue weighted by atomic mass is 9.97. The van der Waals surface area contributed by atoms with Gasteiger partial charge in [-0.3, -0.25) is 9.59 Å². The molecule has 0 atom stereocenters. The molecule has 1 aliphatic heterocycles. The van der Waals surface area contributed by atoms with Crippen LogP contribution < -0.4 is 5.32 Å². The van der Waals surface area contributed by atoms with Crippen LogP contribution in [0.3, 0.4) is 0 Å². The van der Waals surface area contributed by atoms with Crippen LogP contribution >= 0.6 is 27.3 Å². The number of para-hydroxylation sites is 1. The van der Waals surface area contributed by atoms with E-state index in [0.29, 0.717) is 24.7 Å². The van der Waals surface area contributed by atoms with Crippen molar-refractivity contribution in [2.24, 2.45) is 0 Å². The molecule has 0 bridgehead atoms. The summed E-state index contributed by atoms with van der Waals surface area (Å²) in [4.78, 5) is 44.7. The molecule has 1 fully saturated rings. The van der Waals surface area contributed by atoms with Gasteiger partial charge in [-0.15, -0.1) is 11.3 Å². The maximum atomic E-state index is 12.7. The number of methoxy groups -OCH3 is 1. The Balaban J connectivity index is 1.32. The van der Waals surface area contributed by atoms with Gasteiger partial charge in [0, 0.05) is 46.1 Å². The summed E-state index contributed by atoms with van der Waals surface area (Å²) in [7, 11) is 1.28. The number of aromatic nitrogens is 1. The Kier molecular flexibility index (Phi) is 8.32. The number of ether oxygens (including phenoxy) is 1. The fraction of sp³-hybridized carbons (Fsp3) is 0.259. The van der Waals surface area contributed by atoms with E-state index in [1.165, 1.54) is 24.1 Å². The van der Waals surface area contributed by atoms with E-state index in [0.717, 1.165) is 33.6 Å². The van der Waals surface area contributed by atoms with E-state index >= 15 is 0 Å². The van der Waals surface area contributed by atoms with Crippen LogP contribution in [0.5, 0.6) is 0 Å². The first-order valence-corrected chi connectivity index (χ1v) is 13.1. The molecule has 186 valence electrons. The second-order valence-corrected chi connectivity index (χ2v) is 10.6. The zero-order valence-electron chi connectivity index (χ0n) is 20.0. The van der Waals surface area contributed by atoms with E-state index < -0.39 is 11.9 Å². The van der Waals surface area contributed by atoms with Crippen molar-refractivity contribution in [3.63, 3.8) is 0 Å². The van der Waals surface area contributed by atoms with Crippen LogP contribution in [-0.4, -0.2) is 47.9 Å². The zero-order valence-corrected chi connectivity index (χ0v) is 22.4. The normalized spacial score (nSPS) is 14.1. The molecule has 9 heteroatoms. The lowest BCUT2D eigenvalue weighted by Crippen LogP contribution is -2.37. The Hall–Kier alpha value is -3.30. The summed E-state index contributed by atoms with van der Waals surface area (Å²) in [5.74, 6) is -0.943. The van der Waals surface area contributed by atoms with Gasteiger partial charge in [0.25, 0.3) is 0 Å². The molecule has 0 spiro atoms. The number of rotatable bonds is 6. The van der Waals surface area contributed by atoms with Gasteiger partial charge in [-0.1, -0.05) is 40.2 Å². The Morgan fingerprint density at radius 3 is 2.47 bits per heavy atom. The van der Waals surface area contributed by atoms with Gasteiger partial charge in [0.1, 0.15) is 0 Å². The fourth-order valence-corrected chi connectivity index (χ4v) is 5.50. The number of thiazole rings is 1. The van der Waals surface area contributed by atoms with Crippen LogP contribution in [0, 0.1) is 6.92 Å². The maximum Gasteiger partial charge on any atom is 0.339 e. The molecule has 2 heterocycles. The number of hydrogen-bond donors (Lipinski definition) is 1. The number of benzene rings is 2. The number of carbonyl (C=O) groups excluding carboxylic acids is 3. The molecule has 2 aromatic carbocycles. The van der Waals surface area contributed by atoms with Crippen LogP contribution in [0.25, 0.3) is 11.3 Å². The molecule has 7 nitrogen and oxygen atoms in total. The molecule has 3 aromatic rings. The van der Waals surface area contributed by atoms with Gasteiger partial charge in [0.2, 0.25) is 11.8 Å². The molecule has 0 radical (unpaired) electrons. The molecule has 36 heavy (non-hydrogen) atoms. The highest BCUT2D eigenvalue weighted by molar-refractivity contribution is 9.10. The number of nitrogens with zero attached hydrogens (tertiary/aromatic N) is 2. The molecule has 1 aromatic heterocycles. The molecule has 1 N–H and O–H groups in total. The van der Waals surface area contributed by atoms with Crippen LogP contribution in [0.4, 0.5) is 5.69 Å². The van der Waals surface area contributed by atoms with Gasteiger partial charge in [-0.05, 0) is 44.0 Å². The first-order chi connectivity index (χ1) is 17.4. The SMILES string of the molecule is COC(=O)c1ccccc1NC(=O)/C=C/C(=O)N1CCC(c2nc(-c3ccc(Br)cc3)c(C)s2)CC1. The third kappa shape index (κ3) is 6.09. The third-order valence-corrected chi connectivity index (χ3v) is 7.72. The summed E-state index contributed by atoms with van der Waals surface area (Å²) in [6.45, 7) is 3.30. The second-order valence-electron chi connectivity index (χ2n) is 8.42. The minimum absolute atomic E-state index is 0.212. The molecule has 4 rings (SSSR count). The quantitative estimate of drug-likeness (QED) is 0.311. The monoisotopic (exact) mass is 567 g/mol. The molecule has 1 saturated heterocycles. The summed E-state index contributed by atoms with van der Waals surface area (Å²) < 4.78 is 5.77. The Morgan fingerprint density at radius 1 is 1.08 bits per heavy atom. The predicted octanol–water partition coefficient (Wildman–Crippen LogP) is 5.57. The number of hydrogen-bond acceptors (Lipinski definition) is 6. The number of halogens is 1. The van der Waals surface area contributed by atoms with Crippen LogP contribution in [0.1, 0.15) is 39.0 Å². The first-order valence-electron chi connectivity index (χ1n) is 11.5. The molecule has 1 aliphatic rings. The van der Waals surface area contributed by atoms with Crippen LogP contribution in [-0.2, 0) is 14.3 Å². The summed E-state index contributed by atoms with van der Waals surface area (Å²) in [5, 5.41) is 3.74. The minimum Gasteiger partial charge on any atom is -0.465 e. The highest BCUT2D eigenvalue weighted by Gasteiger charge is 2.26. The number of carbonyl (C=O) groups is 3. The van der Waals surface area contributed by atoms with Gasteiger partial charge in [0.15, 0.2) is 0 Å². The van der Waals surface area contributed by atoms with Crippen molar-refractivity contribution >= 4 is 50.7 Å². The number of likely N-dealkylation sites (tertiary alicyclic amines) is 1. The molecule has 0 aliphatic carbocycles. The van der Waals surface area contributed by atoms with Crippen molar-refractivity contribution in [1.82, 2.24) is 9.88 Å². The van der Waals surface area contributed by atoms with E-state index in [9.17, 15) is 14.4 Å². The number of anilines is 1. The number of amides is 2. The van der Waals surface area contributed by atoms with Crippen LogP contribution in [0.2, 0.25) is 0 Å². The Labute approximate surface area is 222 Å². The smallest absolute Gasteiger partial charge is 0.339 e. The summed E-state index contributed by atoms with van der Waals surface area (Å²) >= 11 is 5.20. The lowest BCUT2D eigenvalue weighted by molar-refractivity contribution is -0.127. The zero-order chi connectivity index (χ0) is 25.7. The van der Waals surface area contributed by atoms with Crippen molar-refractivity contribution in [2.75, 3.05) is 25.5 Å². The number of aryl methyl sites for hydroxylation is 1. The van der Waals surface area contributed by atoms with E-state index in [1.54, 1.807) is 40.5 Å². The molecular formula is C27H26BrN3O4S. The van der Waals surface area contributed by atoms with Gasteiger partial charge in [0.05, 0.1) is 29.1 Å². The number of piperidine rings is 1. The van der Waals surface area contributed by atoms with Crippen LogP contribution in [0.15, 0.2) is 65.2 Å². The van der Waals surface area contributed by atoms with E-state index in [2.05, 4.69) is 40.3 Å².